The van der Waals surface area contributed by atoms with E-state index in [1.165, 1.54) is 18.5 Å². The van der Waals surface area contributed by atoms with E-state index < -0.39 is 0 Å². The van der Waals surface area contributed by atoms with E-state index in [2.05, 4.69) is 37.8 Å². The van der Waals surface area contributed by atoms with Crippen molar-refractivity contribution in [2.75, 3.05) is 24.6 Å². The maximum Gasteiger partial charge on any atom is 0.338 e. The highest BCUT2D eigenvalue weighted by Gasteiger charge is 2.55. The Labute approximate surface area is 133 Å². The number of anilines is 1. The summed E-state index contributed by atoms with van der Waals surface area (Å²) in [6.07, 6.45) is 2.66. The Hall–Kier alpha value is -1.51. The van der Waals surface area contributed by atoms with Crippen LogP contribution in [0.5, 0.6) is 0 Å². The minimum atomic E-state index is -0.235. The monoisotopic (exact) mass is 301 g/mol. The van der Waals surface area contributed by atoms with Crippen LogP contribution in [0.2, 0.25) is 0 Å². The Kier molecular flexibility index (Phi) is 3.70. The van der Waals surface area contributed by atoms with E-state index in [9.17, 15) is 4.79 Å². The first-order valence-electron chi connectivity index (χ1n) is 8.39. The van der Waals surface area contributed by atoms with Crippen molar-refractivity contribution in [2.24, 2.45) is 16.7 Å². The van der Waals surface area contributed by atoms with Crippen molar-refractivity contribution in [3.63, 3.8) is 0 Å². The van der Waals surface area contributed by atoms with Gasteiger partial charge in [0.05, 0.1) is 12.2 Å². The van der Waals surface area contributed by atoms with Crippen LogP contribution in [0.3, 0.4) is 0 Å². The van der Waals surface area contributed by atoms with E-state index in [4.69, 9.17) is 4.74 Å². The van der Waals surface area contributed by atoms with Gasteiger partial charge in [-0.25, -0.2) is 4.79 Å². The van der Waals surface area contributed by atoms with Crippen molar-refractivity contribution in [1.82, 2.24) is 0 Å². The first-order valence-corrected chi connectivity index (χ1v) is 8.39. The number of rotatable bonds is 3. The summed E-state index contributed by atoms with van der Waals surface area (Å²) >= 11 is 0. The van der Waals surface area contributed by atoms with Crippen molar-refractivity contribution in [3.8, 4) is 0 Å². The Morgan fingerprint density at radius 3 is 2.55 bits per heavy atom. The van der Waals surface area contributed by atoms with Crippen LogP contribution in [0.15, 0.2) is 24.3 Å². The molecule has 0 unspecified atom stereocenters. The molecule has 2 atom stereocenters. The van der Waals surface area contributed by atoms with Gasteiger partial charge >= 0.3 is 5.97 Å². The first-order chi connectivity index (χ1) is 10.4. The summed E-state index contributed by atoms with van der Waals surface area (Å²) in [5, 5.41) is 0. The second-order valence-corrected chi connectivity index (χ2v) is 7.67. The molecular formula is C19H27NO2. The second kappa shape index (κ2) is 5.29. The van der Waals surface area contributed by atoms with Gasteiger partial charge in [0.1, 0.15) is 0 Å². The fraction of sp³-hybridized carbons (Fsp3) is 0.632. The number of carbonyl (C=O) groups is 1. The zero-order chi connectivity index (χ0) is 16.0. The molecule has 2 bridgehead atoms. The zero-order valence-corrected chi connectivity index (χ0v) is 14.2. The molecule has 3 nitrogen and oxygen atoms in total. The van der Waals surface area contributed by atoms with Gasteiger partial charge in [-0.1, -0.05) is 20.8 Å². The van der Waals surface area contributed by atoms with Crippen molar-refractivity contribution >= 4 is 11.7 Å². The average Bonchev–Trinajstić information content (AvgIpc) is 2.65. The van der Waals surface area contributed by atoms with Crippen LogP contribution in [0, 0.1) is 16.7 Å². The molecule has 3 rings (SSSR count). The standard InChI is InChI=1S/C19H27NO2/c1-5-22-17(21)14-6-8-16(9-7-14)20-12-15-10-11-19(4,13-20)18(15,2)3/h6-9,15H,5,10-13H2,1-4H3/t15-,19+/m1/s1. The molecule has 0 radical (unpaired) electrons. The van der Waals surface area contributed by atoms with Gasteiger partial charge in [-0.05, 0) is 60.8 Å². The molecule has 1 saturated carbocycles. The molecule has 2 aliphatic rings. The van der Waals surface area contributed by atoms with Crippen LogP contribution in [0.25, 0.3) is 0 Å². The smallest absolute Gasteiger partial charge is 0.338 e. The molecule has 1 saturated heterocycles. The topological polar surface area (TPSA) is 29.5 Å². The third-order valence-corrected chi connectivity index (χ3v) is 6.34. The summed E-state index contributed by atoms with van der Waals surface area (Å²) in [6.45, 7) is 11.8. The summed E-state index contributed by atoms with van der Waals surface area (Å²) in [5.41, 5.74) is 2.67. The number of carbonyl (C=O) groups excluding carboxylic acids is 1. The quantitative estimate of drug-likeness (QED) is 0.786. The minimum absolute atomic E-state index is 0.235. The van der Waals surface area contributed by atoms with Gasteiger partial charge in [-0.2, -0.15) is 0 Å². The maximum absolute atomic E-state index is 11.7. The van der Waals surface area contributed by atoms with Crippen LogP contribution in [-0.4, -0.2) is 25.7 Å². The van der Waals surface area contributed by atoms with Gasteiger partial charge in [-0.3, -0.25) is 0 Å². The van der Waals surface area contributed by atoms with Crippen molar-refractivity contribution in [1.29, 1.82) is 0 Å². The molecule has 0 amide bonds. The third-order valence-electron chi connectivity index (χ3n) is 6.34. The minimum Gasteiger partial charge on any atom is -0.462 e. The Morgan fingerprint density at radius 2 is 1.95 bits per heavy atom. The molecule has 0 spiro atoms. The lowest BCUT2D eigenvalue weighted by Crippen LogP contribution is -2.52. The average molecular weight is 301 g/mol. The molecule has 22 heavy (non-hydrogen) atoms. The van der Waals surface area contributed by atoms with Crippen molar-refractivity contribution in [3.05, 3.63) is 29.8 Å². The highest BCUT2D eigenvalue weighted by Crippen LogP contribution is 2.59. The molecule has 1 aliphatic heterocycles. The Bertz CT molecular complexity index is 563. The van der Waals surface area contributed by atoms with Gasteiger partial charge < -0.3 is 9.64 Å². The second-order valence-electron chi connectivity index (χ2n) is 7.67. The SMILES string of the molecule is CCOC(=O)c1ccc(N2C[C@H]3CC[C@@](C)(C2)C3(C)C)cc1. The predicted molar refractivity (Wildman–Crippen MR) is 89.2 cm³/mol. The molecule has 1 aliphatic carbocycles. The fourth-order valence-corrected chi connectivity index (χ4v) is 4.24. The van der Waals surface area contributed by atoms with E-state index in [0.29, 0.717) is 23.0 Å². The maximum atomic E-state index is 11.7. The lowest BCUT2D eigenvalue weighted by atomic mass is 9.63. The summed E-state index contributed by atoms with van der Waals surface area (Å²) in [7, 11) is 0. The number of hydrogen-bond acceptors (Lipinski definition) is 3. The number of piperidine rings is 1. The Balaban J connectivity index is 1.78. The predicted octanol–water partition coefficient (Wildman–Crippen LogP) is 4.13. The highest BCUT2D eigenvalue weighted by atomic mass is 16.5. The van der Waals surface area contributed by atoms with Gasteiger partial charge in [0.15, 0.2) is 0 Å². The van der Waals surface area contributed by atoms with E-state index in [1.54, 1.807) is 0 Å². The number of benzene rings is 1. The summed E-state index contributed by atoms with van der Waals surface area (Å²) < 4.78 is 5.05. The summed E-state index contributed by atoms with van der Waals surface area (Å²) in [5.74, 6) is 0.525. The van der Waals surface area contributed by atoms with E-state index in [-0.39, 0.29) is 5.97 Å². The van der Waals surface area contributed by atoms with Crippen LogP contribution in [-0.2, 0) is 4.74 Å². The lowest BCUT2D eigenvalue weighted by molar-refractivity contribution is 0.0526. The highest BCUT2D eigenvalue weighted by molar-refractivity contribution is 5.89. The number of esters is 1. The van der Waals surface area contributed by atoms with Crippen LogP contribution < -0.4 is 4.90 Å². The fourth-order valence-electron chi connectivity index (χ4n) is 4.24. The van der Waals surface area contributed by atoms with Crippen LogP contribution >= 0.6 is 0 Å². The van der Waals surface area contributed by atoms with E-state index in [0.717, 1.165) is 19.0 Å². The zero-order valence-electron chi connectivity index (χ0n) is 14.2. The molecular weight excluding hydrogens is 274 g/mol. The molecule has 0 aromatic heterocycles. The van der Waals surface area contributed by atoms with Gasteiger partial charge in [0.2, 0.25) is 0 Å². The van der Waals surface area contributed by atoms with E-state index in [1.807, 2.05) is 19.1 Å². The summed E-state index contributed by atoms with van der Waals surface area (Å²) in [6, 6.07) is 7.90. The third kappa shape index (κ3) is 2.31. The number of ether oxygens (including phenoxy) is 1. The van der Waals surface area contributed by atoms with Crippen molar-refractivity contribution in [2.45, 2.75) is 40.5 Å². The number of fused-ring (bicyclic) bond motifs is 2. The first kappa shape index (κ1) is 15.4. The molecule has 1 aromatic carbocycles. The van der Waals surface area contributed by atoms with E-state index >= 15 is 0 Å². The summed E-state index contributed by atoms with van der Waals surface area (Å²) in [4.78, 5) is 14.2. The molecule has 0 N–H and O–H groups in total. The van der Waals surface area contributed by atoms with Crippen molar-refractivity contribution < 1.29 is 9.53 Å². The normalized spacial score (nSPS) is 29.5. The number of nitrogens with zero attached hydrogens (tertiary/aromatic N) is 1. The number of hydrogen-bond donors (Lipinski definition) is 0. The lowest BCUT2D eigenvalue weighted by Gasteiger charge is -2.51. The van der Waals surface area contributed by atoms with Crippen LogP contribution in [0.1, 0.15) is 50.9 Å². The molecule has 3 heteroatoms. The van der Waals surface area contributed by atoms with Gasteiger partial charge in [-0.15, -0.1) is 0 Å². The van der Waals surface area contributed by atoms with Gasteiger partial charge in [0.25, 0.3) is 0 Å². The molecule has 2 fully saturated rings. The Morgan fingerprint density at radius 1 is 1.27 bits per heavy atom. The van der Waals surface area contributed by atoms with Gasteiger partial charge in [0, 0.05) is 18.8 Å². The molecule has 120 valence electrons. The molecule has 1 heterocycles. The largest absolute Gasteiger partial charge is 0.462 e. The molecule has 1 aromatic rings. The van der Waals surface area contributed by atoms with Crippen LogP contribution in [0.4, 0.5) is 5.69 Å².